The van der Waals surface area contributed by atoms with E-state index in [0.717, 1.165) is 48.7 Å². The van der Waals surface area contributed by atoms with Crippen molar-refractivity contribution in [1.29, 1.82) is 0 Å². The molecule has 0 saturated carbocycles. The van der Waals surface area contributed by atoms with Crippen LogP contribution in [0, 0.1) is 0 Å². The summed E-state index contributed by atoms with van der Waals surface area (Å²) in [4.78, 5) is 10.2. The summed E-state index contributed by atoms with van der Waals surface area (Å²) >= 11 is 0. The maximum Gasteiger partial charge on any atom is 0.218 e. The second-order valence-electron chi connectivity index (χ2n) is 7.75. The number of anilines is 1. The van der Waals surface area contributed by atoms with Crippen molar-refractivity contribution < 1.29 is 8.42 Å². The number of fused-ring (bicyclic) bond motifs is 2. The van der Waals surface area contributed by atoms with E-state index >= 15 is 0 Å². The molecule has 4 heterocycles. The van der Waals surface area contributed by atoms with Gasteiger partial charge in [-0.1, -0.05) is 30.3 Å². The lowest BCUT2D eigenvalue weighted by atomic mass is 9.99. The maximum absolute atomic E-state index is 13.2. The number of aromatic nitrogens is 1. The molecule has 2 saturated heterocycles. The molecule has 1 aromatic heterocycles. The number of likely N-dealkylation sites (tertiary alicyclic amines) is 1. The van der Waals surface area contributed by atoms with Gasteiger partial charge in [-0.3, -0.25) is 0 Å². The van der Waals surface area contributed by atoms with Crippen LogP contribution in [0.4, 0.5) is 5.82 Å². The fraction of sp³-hybridized carbons (Fsp3) is 0.450. The maximum atomic E-state index is 13.2. The van der Waals surface area contributed by atoms with Crippen molar-refractivity contribution in [2.24, 2.45) is 4.99 Å². The second-order valence-corrected chi connectivity index (χ2v) is 9.68. The smallest absolute Gasteiger partial charge is 0.218 e. The fourth-order valence-electron chi connectivity index (χ4n) is 4.74. The minimum absolute atomic E-state index is 0.0250. The largest absolute Gasteiger partial charge is 0.348 e. The molecule has 0 unspecified atom stereocenters. The molecule has 0 radical (unpaired) electrons. The van der Waals surface area contributed by atoms with Gasteiger partial charge in [-0.15, -0.1) is 0 Å². The quantitative estimate of drug-likeness (QED) is 0.830. The third-order valence-electron chi connectivity index (χ3n) is 6.05. The van der Waals surface area contributed by atoms with E-state index in [2.05, 4.69) is 15.2 Å². The van der Waals surface area contributed by atoms with Gasteiger partial charge in [-0.2, -0.15) is 4.31 Å². The normalized spacial score (nSPS) is 25.0. The first kappa shape index (κ1) is 17.8. The van der Waals surface area contributed by atoms with E-state index < -0.39 is 10.0 Å². The van der Waals surface area contributed by atoms with Crippen LogP contribution in [-0.4, -0.2) is 53.7 Å². The molecule has 8 heteroatoms. The number of nitrogens with one attached hydrogen (secondary N) is 2. The van der Waals surface area contributed by atoms with Gasteiger partial charge < -0.3 is 15.2 Å². The van der Waals surface area contributed by atoms with Crippen LogP contribution >= 0.6 is 0 Å². The topological polar surface area (TPSA) is 80.8 Å². The SMILES string of the molecule is O=S(=O)(Cc1ccccc1)N1CCC[C@@H]2[C@H]1CCN2C1=NCc2cc[nH]c2N1. The first-order valence-corrected chi connectivity index (χ1v) is 11.5. The third-order valence-corrected chi connectivity index (χ3v) is 7.92. The third kappa shape index (κ3) is 3.10. The number of H-pyrrole nitrogens is 1. The van der Waals surface area contributed by atoms with Gasteiger partial charge in [-0.05, 0) is 30.9 Å². The van der Waals surface area contributed by atoms with Crippen molar-refractivity contribution in [3.05, 3.63) is 53.7 Å². The second kappa shape index (κ2) is 6.93. The van der Waals surface area contributed by atoms with E-state index in [9.17, 15) is 8.42 Å². The van der Waals surface area contributed by atoms with Gasteiger partial charge in [0, 0.05) is 36.9 Å². The number of guanidine groups is 1. The highest BCUT2D eigenvalue weighted by Crippen LogP contribution is 2.34. The molecular formula is C20H25N5O2S. The van der Waals surface area contributed by atoms with E-state index in [1.54, 1.807) is 4.31 Å². The lowest BCUT2D eigenvalue weighted by Gasteiger charge is -2.40. The number of hydrogen-bond donors (Lipinski definition) is 2. The van der Waals surface area contributed by atoms with Crippen LogP contribution in [0.2, 0.25) is 0 Å². The Hall–Kier alpha value is -2.32. The molecule has 1 aromatic carbocycles. The number of aromatic amines is 1. The van der Waals surface area contributed by atoms with Gasteiger partial charge in [-0.25, -0.2) is 13.4 Å². The van der Waals surface area contributed by atoms with Crippen LogP contribution in [0.15, 0.2) is 47.6 Å². The first-order chi connectivity index (χ1) is 13.6. The molecule has 0 spiro atoms. The fourth-order valence-corrected chi connectivity index (χ4v) is 6.59. The van der Waals surface area contributed by atoms with Crippen LogP contribution in [0.3, 0.4) is 0 Å². The van der Waals surface area contributed by atoms with Gasteiger partial charge in [0.05, 0.1) is 12.3 Å². The van der Waals surface area contributed by atoms with Gasteiger partial charge >= 0.3 is 0 Å². The van der Waals surface area contributed by atoms with Gasteiger partial charge in [0.1, 0.15) is 5.82 Å². The zero-order valence-corrected chi connectivity index (χ0v) is 16.5. The van der Waals surface area contributed by atoms with Crippen molar-refractivity contribution in [3.8, 4) is 0 Å². The summed E-state index contributed by atoms with van der Waals surface area (Å²) < 4.78 is 28.1. The Morgan fingerprint density at radius 3 is 2.79 bits per heavy atom. The summed E-state index contributed by atoms with van der Waals surface area (Å²) in [6.07, 6.45) is 4.64. The van der Waals surface area contributed by atoms with Crippen molar-refractivity contribution in [3.63, 3.8) is 0 Å². The van der Waals surface area contributed by atoms with Crippen molar-refractivity contribution >= 4 is 21.8 Å². The molecule has 3 aliphatic heterocycles. The van der Waals surface area contributed by atoms with Gasteiger partial charge in [0.25, 0.3) is 0 Å². The Morgan fingerprint density at radius 1 is 1.07 bits per heavy atom. The predicted molar refractivity (Wildman–Crippen MR) is 109 cm³/mol. The number of piperidine rings is 1. The molecule has 2 atom stereocenters. The number of rotatable bonds is 3. The monoisotopic (exact) mass is 399 g/mol. The number of benzene rings is 1. The minimum atomic E-state index is -3.34. The lowest BCUT2D eigenvalue weighted by molar-refractivity contribution is 0.196. The molecule has 28 heavy (non-hydrogen) atoms. The van der Waals surface area contributed by atoms with Gasteiger partial charge in [0.15, 0.2) is 5.96 Å². The summed E-state index contributed by atoms with van der Waals surface area (Å²) in [7, 11) is -3.34. The number of aliphatic imine (C=N–C) groups is 1. The average molecular weight is 400 g/mol. The Balaban J connectivity index is 1.35. The van der Waals surface area contributed by atoms with E-state index in [1.807, 2.05) is 42.6 Å². The van der Waals surface area contributed by atoms with Crippen LogP contribution in [0.25, 0.3) is 0 Å². The lowest BCUT2D eigenvalue weighted by Crippen LogP contribution is -2.54. The summed E-state index contributed by atoms with van der Waals surface area (Å²) in [5, 5.41) is 3.40. The molecule has 2 N–H and O–H groups in total. The number of nitrogens with zero attached hydrogens (tertiary/aromatic N) is 3. The van der Waals surface area contributed by atoms with Crippen LogP contribution in [-0.2, 0) is 22.3 Å². The Morgan fingerprint density at radius 2 is 1.93 bits per heavy atom. The molecule has 2 fully saturated rings. The van der Waals surface area contributed by atoms with Crippen LogP contribution in [0.5, 0.6) is 0 Å². The molecule has 0 aliphatic carbocycles. The highest BCUT2D eigenvalue weighted by atomic mass is 32.2. The average Bonchev–Trinajstić information content (AvgIpc) is 3.34. The van der Waals surface area contributed by atoms with Crippen molar-refractivity contribution in [2.45, 2.75) is 43.6 Å². The number of sulfonamides is 1. The minimum Gasteiger partial charge on any atom is -0.348 e. The highest BCUT2D eigenvalue weighted by Gasteiger charge is 2.45. The first-order valence-electron chi connectivity index (χ1n) is 9.90. The summed E-state index contributed by atoms with van der Waals surface area (Å²) in [5.41, 5.74) is 2.01. The van der Waals surface area contributed by atoms with Crippen LogP contribution < -0.4 is 5.32 Å². The molecule has 5 rings (SSSR count). The molecule has 0 amide bonds. The van der Waals surface area contributed by atoms with Crippen molar-refractivity contribution in [2.75, 3.05) is 18.4 Å². The van der Waals surface area contributed by atoms with E-state index in [4.69, 9.17) is 4.99 Å². The molecule has 148 valence electrons. The zero-order valence-electron chi connectivity index (χ0n) is 15.7. The van der Waals surface area contributed by atoms with E-state index in [0.29, 0.717) is 13.1 Å². The Labute approximate surface area is 165 Å². The number of hydrogen-bond acceptors (Lipinski definition) is 5. The molecule has 2 aromatic rings. The molecule has 0 bridgehead atoms. The van der Waals surface area contributed by atoms with Crippen molar-refractivity contribution in [1.82, 2.24) is 14.2 Å². The van der Waals surface area contributed by atoms with E-state index in [-0.39, 0.29) is 17.8 Å². The van der Waals surface area contributed by atoms with Gasteiger partial charge in [0.2, 0.25) is 10.0 Å². The van der Waals surface area contributed by atoms with E-state index in [1.165, 1.54) is 0 Å². The highest BCUT2D eigenvalue weighted by molar-refractivity contribution is 7.88. The standard InChI is InChI=1S/C20H25N5O2S/c26-28(27,14-15-5-2-1-3-6-15)25-11-4-7-17-18(25)9-12-24(17)20-22-13-16-8-10-21-19(16)23-20/h1-3,5-6,8,10,17-18,21H,4,7,9,11-14H2,(H,22,23)/t17-,18-/m1/s1. The summed E-state index contributed by atoms with van der Waals surface area (Å²) in [6.45, 7) is 2.10. The molecular weight excluding hydrogens is 374 g/mol. The summed E-state index contributed by atoms with van der Waals surface area (Å²) in [6, 6.07) is 11.7. The van der Waals surface area contributed by atoms with Crippen LogP contribution in [0.1, 0.15) is 30.4 Å². The predicted octanol–water partition coefficient (Wildman–Crippen LogP) is 2.36. The molecule has 7 nitrogen and oxygen atoms in total. The zero-order chi connectivity index (χ0) is 19.1. The Bertz CT molecular complexity index is 985. The summed E-state index contributed by atoms with van der Waals surface area (Å²) in [5.74, 6) is 1.94. The molecule has 3 aliphatic rings. The Kier molecular flexibility index (Phi) is 4.40.